The van der Waals surface area contributed by atoms with Crippen LogP contribution in [0.25, 0.3) is 0 Å². The molecule has 31 heavy (non-hydrogen) atoms. The van der Waals surface area contributed by atoms with Gasteiger partial charge in [-0.3, -0.25) is 9.89 Å². The standard InChI is InChI=1S/C23H26BrN5O2/c1-13(30)29-7-4-18-21(23(29)14-5-8-31-9-6-14)22(28-27-18)19-3-2-15-10-17(24)16(12-25)11-20(15)26-19/h10-11,14,19,23,26H,2-9H2,1H3,(H,27,28). The number of benzene rings is 1. The SMILES string of the molecule is CC(=O)N1CCc2[nH]nc(C3CCc4cc(Br)c(C#N)cc4N3)c2C1C1CCOCC1. The molecule has 0 aliphatic carbocycles. The highest BCUT2D eigenvalue weighted by Crippen LogP contribution is 2.44. The second kappa shape index (κ2) is 8.29. The van der Waals surface area contributed by atoms with Crippen molar-refractivity contribution in [3.8, 4) is 6.07 Å². The number of carbonyl (C=O) groups excluding carboxylic acids is 1. The van der Waals surface area contributed by atoms with Gasteiger partial charge in [-0.15, -0.1) is 0 Å². The molecule has 1 fully saturated rings. The number of hydrogen-bond acceptors (Lipinski definition) is 5. The highest BCUT2D eigenvalue weighted by atomic mass is 79.9. The normalized spacial score (nSPS) is 23.5. The summed E-state index contributed by atoms with van der Waals surface area (Å²) in [6.07, 6.45) is 4.55. The van der Waals surface area contributed by atoms with E-state index in [0.29, 0.717) is 11.5 Å². The number of halogens is 1. The highest BCUT2D eigenvalue weighted by Gasteiger charge is 2.40. The van der Waals surface area contributed by atoms with E-state index in [1.54, 1.807) is 6.92 Å². The maximum absolute atomic E-state index is 12.6. The third-order valence-corrected chi connectivity index (χ3v) is 7.60. The molecule has 162 valence electrons. The molecular weight excluding hydrogens is 458 g/mol. The minimum atomic E-state index is 0.0432. The Labute approximate surface area is 190 Å². The molecule has 1 aromatic carbocycles. The van der Waals surface area contributed by atoms with Gasteiger partial charge in [-0.1, -0.05) is 0 Å². The van der Waals surface area contributed by atoms with Crippen LogP contribution in [0, 0.1) is 17.2 Å². The Morgan fingerprint density at radius 1 is 1.29 bits per heavy atom. The van der Waals surface area contributed by atoms with Gasteiger partial charge in [0.05, 0.1) is 23.3 Å². The van der Waals surface area contributed by atoms with Gasteiger partial charge in [0, 0.05) is 54.5 Å². The summed E-state index contributed by atoms with van der Waals surface area (Å²) in [5, 5.41) is 21.1. The molecule has 8 heteroatoms. The average molecular weight is 484 g/mol. The van der Waals surface area contributed by atoms with Crippen molar-refractivity contribution in [3.63, 3.8) is 0 Å². The largest absolute Gasteiger partial charge is 0.381 e. The van der Waals surface area contributed by atoms with E-state index in [-0.39, 0.29) is 18.0 Å². The molecule has 0 bridgehead atoms. The third-order valence-electron chi connectivity index (χ3n) is 6.94. The molecule has 0 saturated carbocycles. The molecule has 1 saturated heterocycles. The van der Waals surface area contributed by atoms with E-state index in [1.807, 2.05) is 17.0 Å². The van der Waals surface area contributed by atoms with Crippen molar-refractivity contribution in [3.05, 3.63) is 44.7 Å². The van der Waals surface area contributed by atoms with Gasteiger partial charge in [0.1, 0.15) is 6.07 Å². The molecule has 2 aromatic rings. The molecule has 0 spiro atoms. The molecule has 4 heterocycles. The van der Waals surface area contributed by atoms with Gasteiger partial charge in [-0.25, -0.2) is 0 Å². The number of aromatic nitrogens is 2. The predicted octanol–water partition coefficient (Wildman–Crippen LogP) is 4.02. The van der Waals surface area contributed by atoms with Crippen molar-refractivity contribution in [2.45, 2.75) is 51.1 Å². The summed E-state index contributed by atoms with van der Waals surface area (Å²) in [7, 11) is 0. The molecule has 0 radical (unpaired) electrons. The lowest BCUT2D eigenvalue weighted by atomic mass is 9.80. The van der Waals surface area contributed by atoms with E-state index in [1.165, 1.54) is 11.1 Å². The van der Waals surface area contributed by atoms with Gasteiger partial charge in [0.25, 0.3) is 0 Å². The summed E-state index contributed by atoms with van der Waals surface area (Å²) < 4.78 is 6.44. The van der Waals surface area contributed by atoms with E-state index in [2.05, 4.69) is 32.4 Å². The summed E-state index contributed by atoms with van der Waals surface area (Å²) in [6.45, 7) is 3.90. The van der Waals surface area contributed by atoms with Crippen LogP contribution in [0.1, 0.15) is 66.3 Å². The van der Waals surface area contributed by atoms with Crippen LogP contribution in [0.5, 0.6) is 0 Å². The zero-order valence-electron chi connectivity index (χ0n) is 17.6. The molecule has 3 aliphatic rings. The first kappa shape index (κ1) is 20.5. The Hall–Kier alpha value is -2.37. The van der Waals surface area contributed by atoms with Crippen molar-refractivity contribution in [2.24, 2.45) is 5.92 Å². The molecule has 1 aromatic heterocycles. The lowest BCUT2D eigenvalue weighted by Crippen LogP contribution is -2.44. The maximum Gasteiger partial charge on any atom is 0.219 e. The third kappa shape index (κ3) is 3.64. The Morgan fingerprint density at radius 2 is 2.10 bits per heavy atom. The molecule has 5 rings (SSSR count). The number of nitrogens with zero attached hydrogens (tertiary/aromatic N) is 3. The number of nitrogens with one attached hydrogen (secondary N) is 2. The number of ether oxygens (including phenoxy) is 1. The Balaban J connectivity index is 1.52. The van der Waals surface area contributed by atoms with Crippen LogP contribution in [0.2, 0.25) is 0 Å². The summed E-state index contributed by atoms with van der Waals surface area (Å²) in [4.78, 5) is 14.6. The van der Waals surface area contributed by atoms with Gasteiger partial charge in [0.2, 0.25) is 5.91 Å². The average Bonchev–Trinajstić information content (AvgIpc) is 3.22. The Bertz CT molecular complexity index is 1050. The minimum absolute atomic E-state index is 0.0432. The second-order valence-corrected chi connectivity index (χ2v) is 9.55. The summed E-state index contributed by atoms with van der Waals surface area (Å²) >= 11 is 3.50. The van der Waals surface area contributed by atoms with E-state index < -0.39 is 0 Å². The van der Waals surface area contributed by atoms with Crippen LogP contribution in [0.4, 0.5) is 5.69 Å². The first-order valence-corrected chi connectivity index (χ1v) is 11.8. The number of carbonyl (C=O) groups is 1. The molecular formula is C23H26BrN5O2. The van der Waals surface area contributed by atoms with Crippen LogP contribution in [0.15, 0.2) is 16.6 Å². The van der Waals surface area contributed by atoms with Crippen LogP contribution in [-0.4, -0.2) is 40.8 Å². The number of fused-ring (bicyclic) bond motifs is 2. The number of anilines is 1. The molecule has 1 amide bonds. The number of rotatable bonds is 2. The van der Waals surface area contributed by atoms with E-state index in [0.717, 1.165) is 73.4 Å². The number of H-pyrrole nitrogens is 1. The Morgan fingerprint density at radius 3 is 2.84 bits per heavy atom. The summed E-state index contributed by atoms with van der Waals surface area (Å²) in [5.74, 6) is 0.504. The first-order valence-electron chi connectivity index (χ1n) is 11.0. The zero-order chi connectivity index (χ0) is 21.5. The second-order valence-electron chi connectivity index (χ2n) is 8.69. The van der Waals surface area contributed by atoms with Crippen molar-refractivity contribution >= 4 is 27.5 Å². The lowest BCUT2D eigenvalue weighted by molar-refractivity contribution is -0.134. The fraction of sp³-hybridized carbons (Fsp3) is 0.522. The predicted molar refractivity (Wildman–Crippen MR) is 120 cm³/mol. The fourth-order valence-corrected chi connectivity index (χ4v) is 5.88. The topological polar surface area (TPSA) is 94.0 Å². The number of hydrogen-bond donors (Lipinski definition) is 2. The number of aryl methyl sites for hydroxylation is 1. The number of amides is 1. The van der Waals surface area contributed by atoms with Gasteiger partial charge in [-0.05, 0) is 65.2 Å². The van der Waals surface area contributed by atoms with Gasteiger partial charge in [-0.2, -0.15) is 10.4 Å². The van der Waals surface area contributed by atoms with E-state index in [4.69, 9.17) is 9.84 Å². The zero-order valence-corrected chi connectivity index (χ0v) is 19.2. The van der Waals surface area contributed by atoms with Crippen molar-refractivity contribution in [1.29, 1.82) is 5.26 Å². The fourth-order valence-electron chi connectivity index (χ4n) is 5.40. The molecule has 7 nitrogen and oxygen atoms in total. The van der Waals surface area contributed by atoms with E-state index in [9.17, 15) is 10.1 Å². The minimum Gasteiger partial charge on any atom is -0.381 e. The lowest BCUT2D eigenvalue weighted by Gasteiger charge is -2.42. The van der Waals surface area contributed by atoms with E-state index >= 15 is 0 Å². The Kier molecular flexibility index (Phi) is 5.49. The smallest absolute Gasteiger partial charge is 0.219 e. The van der Waals surface area contributed by atoms with Gasteiger partial charge in [0.15, 0.2) is 0 Å². The highest BCUT2D eigenvalue weighted by molar-refractivity contribution is 9.10. The van der Waals surface area contributed by atoms with Gasteiger partial charge < -0.3 is 15.0 Å². The molecule has 2 unspecified atom stereocenters. The molecule has 2 N–H and O–H groups in total. The maximum atomic E-state index is 12.6. The van der Waals surface area contributed by atoms with Crippen molar-refractivity contribution in [2.75, 3.05) is 25.1 Å². The monoisotopic (exact) mass is 483 g/mol. The van der Waals surface area contributed by atoms with Crippen LogP contribution in [0.3, 0.4) is 0 Å². The van der Waals surface area contributed by atoms with Crippen molar-refractivity contribution in [1.82, 2.24) is 15.1 Å². The summed E-state index contributed by atoms with van der Waals surface area (Å²) in [6, 6.07) is 6.30. The molecule has 3 aliphatic heterocycles. The first-order chi connectivity index (χ1) is 15.1. The van der Waals surface area contributed by atoms with Crippen LogP contribution >= 0.6 is 15.9 Å². The van der Waals surface area contributed by atoms with Crippen molar-refractivity contribution < 1.29 is 9.53 Å². The number of aromatic amines is 1. The van der Waals surface area contributed by atoms with Crippen LogP contribution < -0.4 is 5.32 Å². The molecule has 2 atom stereocenters. The quantitative estimate of drug-likeness (QED) is 0.672. The number of nitriles is 1. The van der Waals surface area contributed by atoms with Gasteiger partial charge >= 0.3 is 0 Å². The van der Waals surface area contributed by atoms with Crippen LogP contribution in [-0.2, 0) is 22.4 Å². The summed E-state index contributed by atoms with van der Waals surface area (Å²) in [5.41, 5.74) is 6.20.